The van der Waals surface area contributed by atoms with Crippen LogP contribution < -0.4 is 5.32 Å². The third-order valence-corrected chi connectivity index (χ3v) is 4.70. The molecule has 0 fully saturated rings. The minimum atomic E-state index is -0.705. The predicted molar refractivity (Wildman–Crippen MR) is 90.3 cm³/mol. The number of rotatable bonds is 4. The lowest BCUT2D eigenvalue weighted by Crippen LogP contribution is -2.28. The molecule has 112 valence electrons. The van der Waals surface area contributed by atoms with Crippen molar-refractivity contribution in [2.24, 2.45) is 0 Å². The van der Waals surface area contributed by atoms with Crippen LogP contribution in [-0.2, 0) is 0 Å². The quantitative estimate of drug-likeness (QED) is 0.772. The number of nitrogens with one attached hydrogen (secondary N) is 1. The van der Waals surface area contributed by atoms with Gasteiger partial charge in [0.1, 0.15) is 0 Å². The van der Waals surface area contributed by atoms with Gasteiger partial charge in [-0.05, 0) is 35.4 Å². The lowest BCUT2D eigenvalue weighted by molar-refractivity contribution is 0.0916. The zero-order chi connectivity index (χ0) is 15.5. The molecular formula is C18H17NO2S. The van der Waals surface area contributed by atoms with Gasteiger partial charge in [-0.3, -0.25) is 4.79 Å². The summed E-state index contributed by atoms with van der Waals surface area (Å²) in [7, 11) is 0. The summed E-state index contributed by atoms with van der Waals surface area (Å²) in [6, 6.07) is 15.4. The highest BCUT2D eigenvalue weighted by Crippen LogP contribution is 2.29. The molecule has 1 aromatic heterocycles. The zero-order valence-corrected chi connectivity index (χ0v) is 13.1. The lowest BCUT2D eigenvalue weighted by Gasteiger charge is -2.12. The van der Waals surface area contributed by atoms with Crippen molar-refractivity contribution in [2.45, 2.75) is 13.0 Å². The molecule has 0 aliphatic heterocycles. The number of hydrogen-bond acceptors (Lipinski definition) is 3. The molecule has 2 N–H and O–H groups in total. The Balaban J connectivity index is 1.71. The van der Waals surface area contributed by atoms with Crippen molar-refractivity contribution in [3.63, 3.8) is 0 Å². The van der Waals surface area contributed by atoms with Gasteiger partial charge in [-0.2, -0.15) is 0 Å². The van der Waals surface area contributed by atoms with Crippen LogP contribution in [0.2, 0.25) is 0 Å². The van der Waals surface area contributed by atoms with E-state index in [1.807, 2.05) is 54.8 Å². The summed E-state index contributed by atoms with van der Waals surface area (Å²) in [4.78, 5) is 12.2. The van der Waals surface area contributed by atoms with Gasteiger partial charge in [0.2, 0.25) is 0 Å². The summed E-state index contributed by atoms with van der Waals surface area (Å²) < 4.78 is 1.14. The molecule has 0 bridgehead atoms. The standard InChI is InChI=1S/C18H17NO2S/c1-12-6-2-3-7-13(12)18(21)19-10-16(20)15-11-22-17-9-5-4-8-14(15)17/h2-9,11,16,20H,10H2,1H3,(H,19,21). The molecule has 1 unspecified atom stereocenters. The van der Waals surface area contributed by atoms with E-state index in [0.717, 1.165) is 21.2 Å². The van der Waals surface area contributed by atoms with Crippen molar-refractivity contribution < 1.29 is 9.90 Å². The Morgan fingerprint density at radius 3 is 2.73 bits per heavy atom. The van der Waals surface area contributed by atoms with Gasteiger partial charge in [-0.1, -0.05) is 36.4 Å². The van der Waals surface area contributed by atoms with Crippen LogP contribution in [-0.4, -0.2) is 17.6 Å². The topological polar surface area (TPSA) is 49.3 Å². The second kappa shape index (κ2) is 6.30. The van der Waals surface area contributed by atoms with Crippen LogP contribution in [0, 0.1) is 6.92 Å². The number of aliphatic hydroxyl groups excluding tert-OH is 1. The van der Waals surface area contributed by atoms with Crippen molar-refractivity contribution in [2.75, 3.05) is 6.54 Å². The maximum absolute atomic E-state index is 12.2. The van der Waals surface area contributed by atoms with Gasteiger partial charge in [0, 0.05) is 22.4 Å². The minimum absolute atomic E-state index is 0.156. The van der Waals surface area contributed by atoms with E-state index < -0.39 is 6.10 Å². The maximum Gasteiger partial charge on any atom is 0.251 e. The van der Waals surface area contributed by atoms with Gasteiger partial charge in [-0.25, -0.2) is 0 Å². The van der Waals surface area contributed by atoms with Crippen molar-refractivity contribution in [1.82, 2.24) is 5.32 Å². The number of carbonyl (C=O) groups is 1. The number of benzene rings is 2. The number of aryl methyl sites for hydroxylation is 1. The highest BCUT2D eigenvalue weighted by atomic mass is 32.1. The third-order valence-electron chi connectivity index (χ3n) is 3.72. The highest BCUT2D eigenvalue weighted by Gasteiger charge is 2.15. The Morgan fingerprint density at radius 1 is 1.18 bits per heavy atom. The van der Waals surface area contributed by atoms with Gasteiger partial charge < -0.3 is 10.4 Å². The van der Waals surface area contributed by atoms with Crippen molar-refractivity contribution in [3.8, 4) is 0 Å². The fourth-order valence-corrected chi connectivity index (χ4v) is 3.49. The molecule has 0 saturated carbocycles. The summed E-state index contributed by atoms with van der Waals surface area (Å²) in [5, 5.41) is 16.2. The maximum atomic E-state index is 12.2. The molecule has 4 heteroatoms. The van der Waals surface area contributed by atoms with Gasteiger partial charge in [0.05, 0.1) is 6.10 Å². The number of amides is 1. The van der Waals surface area contributed by atoms with Crippen LogP contribution in [0.15, 0.2) is 53.9 Å². The molecule has 3 rings (SSSR count). The molecule has 22 heavy (non-hydrogen) atoms. The smallest absolute Gasteiger partial charge is 0.251 e. The fraction of sp³-hybridized carbons (Fsp3) is 0.167. The number of aliphatic hydroxyl groups is 1. The van der Waals surface area contributed by atoms with Gasteiger partial charge in [-0.15, -0.1) is 11.3 Å². The SMILES string of the molecule is Cc1ccccc1C(=O)NCC(O)c1csc2ccccc12. The Morgan fingerprint density at radius 2 is 1.91 bits per heavy atom. The molecule has 1 heterocycles. The second-order valence-corrected chi connectivity index (χ2v) is 6.14. The molecule has 1 atom stereocenters. The first-order valence-corrected chi connectivity index (χ1v) is 8.03. The molecular weight excluding hydrogens is 294 g/mol. The first-order valence-electron chi connectivity index (χ1n) is 7.15. The van der Waals surface area contributed by atoms with Crippen molar-refractivity contribution in [1.29, 1.82) is 0 Å². The summed E-state index contributed by atoms with van der Waals surface area (Å²) in [6.07, 6.45) is -0.705. The molecule has 1 amide bonds. The summed E-state index contributed by atoms with van der Waals surface area (Å²) in [5.74, 6) is -0.156. The molecule has 0 saturated heterocycles. The van der Waals surface area contributed by atoms with Crippen LogP contribution in [0.3, 0.4) is 0 Å². The Hall–Kier alpha value is -2.17. The molecule has 2 aromatic carbocycles. The van der Waals surface area contributed by atoms with E-state index in [0.29, 0.717) is 5.56 Å². The average Bonchev–Trinajstić information content (AvgIpc) is 2.97. The van der Waals surface area contributed by atoms with Crippen LogP contribution in [0.4, 0.5) is 0 Å². The van der Waals surface area contributed by atoms with Crippen molar-refractivity contribution >= 4 is 27.3 Å². The zero-order valence-electron chi connectivity index (χ0n) is 12.2. The normalized spacial score (nSPS) is 12.3. The summed E-state index contributed by atoms with van der Waals surface area (Å²) in [6.45, 7) is 2.10. The number of carbonyl (C=O) groups excluding carboxylic acids is 1. The van der Waals surface area contributed by atoms with E-state index in [1.165, 1.54) is 0 Å². The first-order chi connectivity index (χ1) is 10.7. The van der Waals surface area contributed by atoms with E-state index >= 15 is 0 Å². The number of thiophene rings is 1. The molecule has 0 spiro atoms. The number of fused-ring (bicyclic) bond motifs is 1. The number of hydrogen-bond donors (Lipinski definition) is 2. The van der Waals surface area contributed by atoms with E-state index in [-0.39, 0.29) is 12.5 Å². The van der Waals surface area contributed by atoms with Crippen LogP contribution in [0.5, 0.6) is 0 Å². The second-order valence-electron chi connectivity index (χ2n) is 5.23. The Bertz CT molecular complexity index is 809. The van der Waals surface area contributed by atoms with Gasteiger partial charge in [0.25, 0.3) is 5.91 Å². The van der Waals surface area contributed by atoms with E-state index in [9.17, 15) is 9.90 Å². The molecule has 3 aromatic rings. The molecule has 0 radical (unpaired) electrons. The van der Waals surface area contributed by atoms with Crippen LogP contribution >= 0.6 is 11.3 Å². The molecule has 3 nitrogen and oxygen atoms in total. The first kappa shape index (κ1) is 14.8. The highest BCUT2D eigenvalue weighted by molar-refractivity contribution is 7.17. The van der Waals surface area contributed by atoms with E-state index in [2.05, 4.69) is 5.32 Å². The Labute approximate surface area is 133 Å². The monoisotopic (exact) mass is 311 g/mol. The summed E-state index contributed by atoms with van der Waals surface area (Å²) in [5.41, 5.74) is 2.44. The Kier molecular flexibility index (Phi) is 4.22. The summed E-state index contributed by atoms with van der Waals surface area (Å²) >= 11 is 1.60. The van der Waals surface area contributed by atoms with Gasteiger partial charge >= 0.3 is 0 Å². The van der Waals surface area contributed by atoms with E-state index in [4.69, 9.17) is 0 Å². The van der Waals surface area contributed by atoms with Crippen LogP contribution in [0.25, 0.3) is 10.1 Å². The molecule has 0 aliphatic carbocycles. The largest absolute Gasteiger partial charge is 0.387 e. The van der Waals surface area contributed by atoms with Crippen molar-refractivity contribution in [3.05, 3.63) is 70.6 Å². The van der Waals surface area contributed by atoms with Gasteiger partial charge in [0.15, 0.2) is 0 Å². The predicted octanol–water partition coefficient (Wildman–Crippen LogP) is 3.67. The lowest BCUT2D eigenvalue weighted by atomic mass is 10.1. The fourth-order valence-electron chi connectivity index (χ4n) is 2.48. The van der Waals surface area contributed by atoms with Crippen LogP contribution in [0.1, 0.15) is 27.6 Å². The van der Waals surface area contributed by atoms with E-state index in [1.54, 1.807) is 17.4 Å². The third kappa shape index (κ3) is 2.89. The minimum Gasteiger partial charge on any atom is -0.387 e. The average molecular weight is 311 g/mol. The molecule has 0 aliphatic rings.